The smallest absolute Gasteiger partial charge is 0.246 e. The van der Waals surface area contributed by atoms with Crippen molar-refractivity contribution in [2.45, 2.75) is 18.9 Å². The highest BCUT2D eigenvalue weighted by molar-refractivity contribution is 6.30. The van der Waals surface area contributed by atoms with Gasteiger partial charge in [0.15, 0.2) is 11.6 Å². The number of rotatable bonds is 7. The topological polar surface area (TPSA) is 73.4 Å². The van der Waals surface area contributed by atoms with Crippen molar-refractivity contribution in [2.75, 3.05) is 44.4 Å². The number of halogens is 2. The summed E-state index contributed by atoms with van der Waals surface area (Å²) in [7, 11) is 3.89. The SMILES string of the molecule is CN(C)C/C=C/C(=O)N1CCC[C@@H](Nc2nc(Nc3cccc(Cl)c3)ncc2F)C1. The van der Waals surface area contributed by atoms with Gasteiger partial charge in [-0.3, -0.25) is 4.79 Å². The van der Waals surface area contributed by atoms with Crippen molar-refractivity contribution in [2.24, 2.45) is 0 Å². The van der Waals surface area contributed by atoms with Crippen molar-refractivity contribution in [1.29, 1.82) is 0 Å². The van der Waals surface area contributed by atoms with Gasteiger partial charge in [-0.25, -0.2) is 9.37 Å². The van der Waals surface area contributed by atoms with Gasteiger partial charge in [0, 0.05) is 42.5 Å². The minimum Gasteiger partial charge on any atom is -0.363 e. The van der Waals surface area contributed by atoms with Crippen LogP contribution in [-0.4, -0.2) is 65.4 Å². The van der Waals surface area contributed by atoms with Gasteiger partial charge < -0.3 is 20.4 Å². The molecule has 2 N–H and O–H groups in total. The fourth-order valence-corrected chi connectivity index (χ4v) is 3.37. The first-order chi connectivity index (χ1) is 14.4. The number of hydrogen-bond donors (Lipinski definition) is 2. The monoisotopic (exact) mass is 432 g/mol. The molecule has 1 amide bonds. The van der Waals surface area contributed by atoms with E-state index in [9.17, 15) is 9.18 Å². The molecule has 9 heteroatoms. The fraction of sp³-hybridized carbons (Fsp3) is 0.381. The number of nitrogens with zero attached hydrogens (tertiary/aromatic N) is 4. The molecule has 0 aliphatic carbocycles. The predicted molar refractivity (Wildman–Crippen MR) is 118 cm³/mol. The van der Waals surface area contributed by atoms with E-state index in [1.165, 1.54) is 0 Å². The number of piperidine rings is 1. The second kappa shape index (κ2) is 10.4. The van der Waals surface area contributed by atoms with E-state index in [4.69, 9.17) is 11.6 Å². The number of likely N-dealkylation sites (tertiary alicyclic amines) is 1. The van der Waals surface area contributed by atoms with Crippen LogP contribution in [0, 0.1) is 5.82 Å². The van der Waals surface area contributed by atoms with Crippen molar-refractivity contribution in [3.63, 3.8) is 0 Å². The van der Waals surface area contributed by atoms with E-state index in [-0.39, 0.29) is 23.7 Å². The number of hydrogen-bond acceptors (Lipinski definition) is 6. The van der Waals surface area contributed by atoms with Crippen LogP contribution in [0.2, 0.25) is 5.02 Å². The Bertz CT molecular complexity index is 907. The van der Waals surface area contributed by atoms with E-state index in [1.807, 2.05) is 31.1 Å². The summed E-state index contributed by atoms with van der Waals surface area (Å²) < 4.78 is 14.3. The summed E-state index contributed by atoms with van der Waals surface area (Å²) in [5, 5.41) is 6.72. The Kier molecular flexibility index (Phi) is 7.59. The first kappa shape index (κ1) is 22.0. The van der Waals surface area contributed by atoms with Gasteiger partial charge in [-0.15, -0.1) is 0 Å². The highest BCUT2D eigenvalue weighted by Crippen LogP contribution is 2.21. The Balaban J connectivity index is 1.63. The van der Waals surface area contributed by atoms with Gasteiger partial charge in [0.2, 0.25) is 11.9 Å². The van der Waals surface area contributed by atoms with Crippen LogP contribution >= 0.6 is 11.6 Å². The Morgan fingerprint density at radius 1 is 1.43 bits per heavy atom. The maximum Gasteiger partial charge on any atom is 0.246 e. The molecule has 1 fully saturated rings. The van der Waals surface area contributed by atoms with E-state index < -0.39 is 5.82 Å². The van der Waals surface area contributed by atoms with Crippen molar-refractivity contribution >= 4 is 35.0 Å². The zero-order valence-electron chi connectivity index (χ0n) is 17.1. The number of anilines is 3. The maximum absolute atomic E-state index is 14.3. The molecule has 1 atom stereocenters. The molecule has 1 aromatic carbocycles. The molecule has 160 valence electrons. The number of aromatic nitrogens is 2. The van der Waals surface area contributed by atoms with Crippen molar-refractivity contribution in [3.05, 3.63) is 53.5 Å². The normalized spacial score (nSPS) is 16.8. The molecule has 2 aromatic rings. The lowest BCUT2D eigenvalue weighted by Gasteiger charge is -2.33. The molecule has 0 spiro atoms. The molecule has 1 aliphatic heterocycles. The molecule has 0 radical (unpaired) electrons. The number of carbonyl (C=O) groups excluding carboxylic acids is 1. The number of amides is 1. The van der Waals surface area contributed by atoms with Crippen LogP contribution in [0.25, 0.3) is 0 Å². The van der Waals surface area contributed by atoms with Gasteiger partial charge in [0.05, 0.1) is 6.20 Å². The van der Waals surface area contributed by atoms with Crippen LogP contribution in [0.15, 0.2) is 42.6 Å². The standard InChI is InChI=1S/C21H26ClFN6O/c1-28(2)10-5-9-19(30)29-11-4-8-17(14-29)25-20-18(23)13-24-21(27-20)26-16-7-3-6-15(22)12-16/h3,5-7,9,12-13,17H,4,8,10-11,14H2,1-2H3,(H2,24,25,26,27)/b9-5+/t17-/m1/s1. The van der Waals surface area contributed by atoms with Crippen LogP contribution in [0.1, 0.15) is 12.8 Å². The molecule has 1 aromatic heterocycles. The zero-order chi connectivity index (χ0) is 21.5. The van der Waals surface area contributed by atoms with Crippen LogP contribution in [-0.2, 0) is 4.79 Å². The van der Waals surface area contributed by atoms with E-state index in [0.29, 0.717) is 30.3 Å². The lowest BCUT2D eigenvalue weighted by atomic mass is 10.1. The highest BCUT2D eigenvalue weighted by Gasteiger charge is 2.23. The van der Waals surface area contributed by atoms with E-state index in [0.717, 1.165) is 19.0 Å². The van der Waals surface area contributed by atoms with Gasteiger partial charge in [0.1, 0.15) is 0 Å². The third-order valence-corrected chi connectivity index (χ3v) is 4.86. The molecule has 0 saturated carbocycles. The van der Waals surface area contributed by atoms with E-state index >= 15 is 0 Å². The molecule has 2 heterocycles. The second-order valence-corrected chi connectivity index (χ2v) is 7.89. The Labute approximate surface area is 180 Å². The highest BCUT2D eigenvalue weighted by atomic mass is 35.5. The number of benzene rings is 1. The average Bonchev–Trinajstić information content (AvgIpc) is 2.70. The van der Waals surface area contributed by atoms with Gasteiger partial charge >= 0.3 is 0 Å². The molecule has 0 unspecified atom stereocenters. The fourth-order valence-electron chi connectivity index (χ4n) is 3.18. The summed E-state index contributed by atoms with van der Waals surface area (Å²) in [4.78, 5) is 24.4. The molecule has 3 rings (SSSR count). The summed E-state index contributed by atoms with van der Waals surface area (Å²) in [5.41, 5.74) is 0.707. The lowest BCUT2D eigenvalue weighted by molar-refractivity contribution is -0.127. The maximum atomic E-state index is 14.3. The second-order valence-electron chi connectivity index (χ2n) is 7.46. The quantitative estimate of drug-likeness (QED) is 0.652. The zero-order valence-corrected chi connectivity index (χ0v) is 17.9. The summed E-state index contributed by atoms with van der Waals surface area (Å²) in [6.07, 6.45) is 6.23. The summed E-state index contributed by atoms with van der Waals surface area (Å²) in [5.74, 6) is -0.204. The van der Waals surface area contributed by atoms with Crippen molar-refractivity contribution in [1.82, 2.24) is 19.8 Å². The van der Waals surface area contributed by atoms with Crippen LogP contribution in [0.5, 0.6) is 0 Å². The van der Waals surface area contributed by atoms with Crippen LogP contribution in [0.3, 0.4) is 0 Å². The predicted octanol–water partition coefficient (Wildman–Crippen LogP) is 3.53. The van der Waals surface area contributed by atoms with E-state index in [2.05, 4.69) is 20.6 Å². The molecular weight excluding hydrogens is 407 g/mol. The van der Waals surface area contributed by atoms with Crippen molar-refractivity contribution < 1.29 is 9.18 Å². The molecular formula is C21H26ClFN6O. The van der Waals surface area contributed by atoms with Gasteiger partial charge in [-0.2, -0.15) is 4.98 Å². The molecule has 7 nitrogen and oxygen atoms in total. The van der Waals surface area contributed by atoms with Gasteiger partial charge in [-0.05, 0) is 45.1 Å². The third-order valence-electron chi connectivity index (χ3n) is 4.63. The number of carbonyl (C=O) groups is 1. The lowest BCUT2D eigenvalue weighted by Crippen LogP contribution is -2.44. The minimum absolute atomic E-state index is 0.0326. The van der Waals surface area contributed by atoms with Crippen LogP contribution in [0.4, 0.5) is 21.8 Å². The largest absolute Gasteiger partial charge is 0.363 e. The van der Waals surface area contributed by atoms with Gasteiger partial charge in [0.25, 0.3) is 0 Å². The molecule has 0 bridgehead atoms. The molecule has 30 heavy (non-hydrogen) atoms. The van der Waals surface area contributed by atoms with Crippen molar-refractivity contribution in [3.8, 4) is 0 Å². The average molecular weight is 433 g/mol. The summed E-state index contributed by atoms with van der Waals surface area (Å²) in [6.45, 7) is 1.89. The Morgan fingerprint density at radius 2 is 2.27 bits per heavy atom. The van der Waals surface area contributed by atoms with Gasteiger partial charge in [-0.1, -0.05) is 23.7 Å². The molecule has 1 saturated heterocycles. The van der Waals surface area contributed by atoms with Crippen LogP contribution < -0.4 is 10.6 Å². The number of likely N-dealkylation sites (N-methyl/N-ethyl adjacent to an activating group) is 1. The Hall–Kier alpha value is -2.71. The first-order valence-electron chi connectivity index (χ1n) is 9.82. The summed E-state index contributed by atoms with van der Waals surface area (Å²) in [6, 6.07) is 7.02. The van der Waals surface area contributed by atoms with E-state index in [1.54, 1.807) is 29.2 Å². The minimum atomic E-state index is -0.541. The molecule has 1 aliphatic rings. The number of nitrogens with one attached hydrogen (secondary N) is 2. The Morgan fingerprint density at radius 3 is 3.03 bits per heavy atom. The first-order valence-corrected chi connectivity index (χ1v) is 10.2. The third kappa shape index (κ3) is 6.40. The summed E-state index contributed by atoms with van der Waals surface area (Å²) >= 11 is 5.99.